The number of rotatable bonds is 4. The lowest BCUT2D eigenvalue weighted by molar-refractivity contribution is -0.0781. The molecule has 4 aliphatic rings. The fraction of sp³-hybridized carbons (Fsp3) is 0.700. The smallest absolute Gasteiger partial charge is 0.444 e. The predicted molar refractivity (Wildman–Crippen MR) is 111 cm³/mol. The number of nitrogens with one attached hydrogen (secondary N) is 1. The number of hydrogen-bond donors (Lipinski definition) is 1. The van der Waals surface area contributed by atoms with Gasteiger partial charge in [0.05, 0.1) is 11.5 Å². The maximum absolute atomic E-state index is 13.2. The SMILES string of the molecule is O=C(N1CCS(=O)(=O)CC1)N(CC1=CC=C(C2NN=C(C(F)(F)F)O2)CC1)C1CCCC1. The second-order valence-electron chi connectivity index (χ2n) is 8.60. The molecule has 1 N–H and O–H groups in total. The molecule has 2 aliphatic heterocycles. The van der Waals surface area contributed by atoms with Crippen LogP contribution in [0, 0.1) is 0 Å². The molecule has 4 rings (SSSR count). The van der Waals surface area contributed by atoms with Crippen molar-refractivity contribution in [1.29, 1.82) is 0 Å². The number of nitrogens with zero attached hydrogens (tertiary/aromatic N) is 3. The highest BCUT2D eigenvalue weighted by Gasteiger charge is 2.43. The van der Waals surface area contributed by atoms with E-state index in [2.05, 4.69) is 10.5 Å². The Bertz CT molecular complexity index is 925. The molecule has 32 heavy (non-hydrogen) atoms. The van der Waals surface area contributed by atoms with Gasteiger partial charge in [-0.1, -0.05) is 30.6 Å². The maximum atomic E-state index is 13.2. The number of hydrazone groups is 1. The number of sulfone groups is 1. The number of allylic oxidation sites excluding steroid dienone is 2. The average molecular weight is 477 g/mol. The molecule has 2 amide bonds. The summed E-state index contributed by atoms with van der Waals surface area (Å²) in [6, 6.07) is -0.0126. The Labute approximate surface area is 185 Å². The zero-order valence-corrected chi connectivity index (χ0v) is 18.4. The molecule has 0 aromatic heterocycles. The van der Waals surface area contributed by atoms with E-state index in [1.54, 1.807) is 11.0 Å². The van der Waals surface area contributed by atoms with Crippen molar-refractivity contribution in [1.82, 2.24) is 15.2 Å². The summed E-state index contributed by atoms with van der Waals surface area (Å²) >= 11 is 0. The third kappa shape index (κ3) is 5.21. The zero-order chi connectivity index (χ0) is 22.9. The van der Waals surface area contributed by atoms with Gasteiger partial charge < -0.3 is 14.5 Å². The molecule has 0 bridgehead atoms. The highest BCUT2D eigenvalue weighted by Crippen LogP contribution is 2.30. The Kier molecular flexibility index (Phi) is 6.42. The molecular weight excluding hydrogens is 449 g/mol. The number of alkyl halides is 3. The van der Waals surface area contributed by atoms with Crippen LogP contribution in [0.5, 0.6) is 0 Å². The number of hydrogen-bond acceptors (Lipinski definition) is 6. The van der Waals surface area contributed by atoms with Crippen LogP contribution in [0.2, 0.25) is 0 Å². The normalized spacial score (nSPS) is 26.0. The highest BCUT2D eigenvalue weighted by molar-refractivity contribution is 7.91. The first-order valence-electron chi connectivity index (χ1n) is 10.8. The molecule has 1 atom stereocenters. The van der Waals surface area contributed by atoms with Gasteiger partial charge in [0.2, 0.25) is 6.23 Å². The fourth-order valence-corrected chi connectivity index (χ4v) is 5.69. The Morgan fingerprint density at radius 2 is 1.88 bits per heavy atom. The molecule has 8 nitrogen and oxygen atoms in total. The van der Waals surface area contributed by atoms with E-state index in [9.17, 15) is 26.4 Å². The van der Waals surface area contributed by atoms with Gasteiger partial charge >= 0.3 is 18.1 Å². The van der Waals surface area contributed by atoms with Gasteiger partial charge in [0.25, 0.3) is 0 Å². The minimum Gasteiger partial charge on any atom is -0.444 e. The fourth-order valence-electron chi connectivity index (χ4n) is 4.49. The van der Waals surface area contributed by atoms with E-state index in [0.717, 1.165) is 31.3 Å². The molecule has 1 saturated carbocycles. The highest BCUT2D eigenvalue weighted by atomic mass is 32.2. The predicted octanol–water partition coefficient (Wildman–Crippen LogP) is 2.55. The van der Waals surface area contributed by atoms with Gasteiger partial charge in [0.15, 0.2) is 9.84 Å². The lowest BCUT2D eigenvalue weighted by atomic mass is 9.96. The minimum atomic E-state index is -4.63. The standard InChI is InChI=1S/C20H27F3N4O4S/c21-20(22,23)18-25-24-17(31-18)15-7-5-14(6-8-15)13-27(16-3-1-2-4-16)19(28)26-9-11-32(29,30)12-10-26/h5,7,16-17,24H,1-4,6,8-13H2. The number of urea groups is 1. The van der Waals surface area contributed by atoms with Crippen LogP contribution in [0.15, 0.2) is 28.4 Å². The molecular formula is C20H27F3N4O4S. The number of ether oxygens (including phenoxy) is 1. The quantitative estimate of drug-likeness (QED) is 0.674. The summed E-state index contributed by atoms with van der Waals surface area (Å²) in [5.41, 5.74) is 4.05. The van der Waals surface area contributed by atoms with Gasteiger partial charge in [0, 0.05) is 25.7 Å². The van der Waals surface area contributed by atoms with Crippen molar-refractivity contribution in [3.8, 4) is 0 Å². The monoisotopic (exact) mass is 476 g/mol. The number of amides is 2. The zero-order valence-electron chi connectivity index (χ0n) is 17.6. The van der Waals surface area contributed by atoms with Crippen LogP contribution >= 0.6 is 0 Å². The van der Waals surface area contributed by atoms with E-state index in [0.29, 0.717) is 25.0 Å². The summed E-state index contributed by atoms with van der Waals surface area (Å²) in [6.07, 6.45) is 3.05. The third-order valence-electron chi connectivity index (χ3n) is 6.36. The van der Waals surface area contributed by atoms with Gasteiger partial charge in [-0.2, -0.15) is 13.2 Å². The summed E-state index contributed by atoms with van der Waals surface area (Å²) in [7, 11) is -3.08. The van der Waals surface area contributed by atoms with Crippen molar-refractivity contribution in [3.63, 3.8) is 0 Å². The largest absolute Gasteiger partial charge is 0.470 e. The molecule has 1 saturated heterocycles. The van der Waals surface area contributed by atoms with Crippen LogP contribution in [0.1, 0.15) is 38.5 Å². The van der Waals surface area contributed by atoms with Gasteiger partial charge in [-0.15, -0.1) is 5.10 Å². The van der Waals surface area contributed by atoms with Gasteiger partial charge in [-0.05, 0) is 31.3 Å². The molecule has 2 heterocycles. The Hall–Kier alpha value is -2.24. The summed E-state index contributed by atoms with van der Waals surface area (Å²) in [4.78, 5) is 16.7. The molecule has 0 aromatic rings. The van der Waals surface area contributed by atoms with Crippen molar-refractivity contribution in [3.05, 3.63) is 23.3 Å². The van der Waals surface area contributed by atoms with Crippen LogP contribution in [-0.2, 0) is 14.6 Å². The molecule has 0 aromatic carbocycles. The van der Waals surface area contributed by atoms with E-state index in [4.69, 9.17) is 4.74 Å². The lowest BCUT2D eigenvalue weighted by Crippen LogP contribution is -2.52. The minimum absolute atomic E-state index is 0.0115. The second-order valence-corrected chi connectivity index (χ2v) is 10.9. The van der Waals surface area contributed by atoms with Crippen LogP contribution in [0.3, 0.4) is 0 Å². The summed E-state index contributed by atoms with van der Waals surface area (Å²) in [6.45, 7) is 0.846. The first-order chi connectivity index (χ1) is 15.1. The average Bonchev–Trinajstić information content (AvgIpc) is 3.44. The van der Waals surface area contributed by atoms with Crippen molar-refractivity contribution >= 4 is 21.8 Å². The van der Waals surface area contributed by atoms with Gasteiger partial charge in [0.1, 0.15) is 0 Å². The topological polar surface area (TPSA) is 91.3 Å². The summed E-state index contributed by atoms with van der Waals surface area (Å²) in [5, 5.41) is 3.23. The second kappa shape index (κ2) is 8.95. The molecule has 1 unspecified atom stereocenters. The van der Waals surface area contributed by atoms with Crippen LogP contribution in [0.4, 0.5) is 18.0 Å². The lowest BCUT2D eigenvalue weighted by Gasteiger charge is -2.37. The van der Waals surface area contributed by atoms with Crippen molar-refractivity contribution in [2.75, 3.05) is 31.1 Å². The van der Waals surface area contributed by atoms with E-state index >= 15 is 0 Å². The third-order valence-corrected chi connectivity index (χ3v) is 7.97. The molecule has 2 aliphatic carbocycles. The Balaban J connectivity index is 1.41. The van der Waals surface area contributed by atoms with Crippen LogP contribution in [0.25, 0.3) is 0 Å². The molecule has 178 valence electrons. The Morgan fingerprint density at radius 1 is 1.19 bits per heavy atom. The van der Waals surface area contributed by atoms with Gasteiger partial charge in [-0.25, -0.2) is 13.2 Å². The summed E-state index contributed by atoms with van der Waals surface area (Å²) in [5.74, 6) is -1.30. The van der Waals surface area contributed by atoms with E-state index < -0.39 is 28.1 Å². The maximum Gasteiger partial charge on any atom is 0.470 e. The van der Waals surface area contributed by atoms with E-state index in [1.807, 2.05) is 11.0 Å². The van der Waals surface area contributed by atoms with E-state index in [-0.39, 0.29) is 36.7 Å². The van der Waals surface area contributed by atoms with Gasteiger partial charge in [-0.3, -0.25) is 5.43 Å². The van der Waals surface area contributed by atoms with Crippen LogP contribution < -0.4 is 5.43 Å². The Morgan fingerprint density at radius 3 is 2.44 bits per heavy atom. The van der Waals surface area contributed by atoms with Crippen LogP contribution in [-0.4, -0.2) is 79.7 Å². The first kappa shape index (κ1) is 22.9. The van der Waals surface area contributed by atoms with Crippen molar-refractivity contribution in [2.24, 2.45) is 5.10 Å². The summed E-state index contributed by atoms with van der Waals surface area (Å²) < 4.78 is 66.5. The molecule has 0 radical (unpaired) electrons. The first-order valence-corrected chi connectivity index (χ1v) is 12.7. The number of carbonyl (C=O) groups is 1. The van der Waals surface area contributed by atoms with Crippen molar-refractivity contribution in [2.45, 2.75) is 57.0 Å². The van der Waals surface area contributed by atoms with Crippen molar-refractivity contribution < 1.29 is 31.1 Å². The molecule has 0 spiro atoms. The number of halogens is 3. The molecule has 2 fully saturated rings. The molecule has 12 heteroatoms. The van der Waals surface area contributed by atoms with E-state index in [1.165, 1.54) is 0 Å². The number of carbonyl (C=O) groups excluding carboxylic acids is 1.